The van der Waals surface area contributed by atoms with E-state index in [9.17, 15) is 4.79 Å². The van der Waals surface area contributed by atoms with Crippen LogP contribution in [0.1, 0.15) is 29.7 Å². The van der Waals surface area contributed by atoms with E-state index in [1.807, 2.05) is 62.4 Å². The maximum absolute atomic E-state index is 11.5. The normalized spacial score (nSPS) is 11.6. The molecular formula is C19H22N2O2. The Bertz CT molecular complexity index is 696. The van der Waals surface area contributed by atoms with Crippen LogP contribution in [0.2, 0.25) is 0 Å². The number of amides is 1. The second-order valence-corrected chi connectivity index (χ2v) is 5.63. The van der Waals surface area contributed by atoms with E-state index in [1.165, 1.54) is 6.92 Å². The first-order valence-electron chi connectivity index (χ1n) is 7.57. The number of rotatable bonds is 6. The van der Waals surface area contributed by atoms with Gasteiger partial charge in [0.25, 0.3) is 0 Å². The molecule has 0 aliphatic carbocycles. The molecule has 0 saturated carbocycles. The number of carbonyl (C=O) groups excluding carboxylic acids is 1. The summed E-state index contributed by atoms with van der Waals surface area (Å²) in [4.78, 5) is 11.5. The molecule has 1 unspecified atom stereocenters. The van der Waals surface area contributed by atoms with Crippen molar-refractivity contribution in [2.24, 2.45) is 0 Å². The third-order valence-corrected chi connectivity index (χ3v) is 3.56. The Kier molecular flexibility index (Phi) is 5.52. The smallest absolute Gasteiger partial charge is 0.217 e. The van der Waals surface area contributed by atoms with Crippen molar-refractivity contribution >= 4 is 11.6 Å². The molecule has 23 heavy (non-hydrogen) atoms. The molecule has 4 heteroatoms. The summed E-state index contributed by atoms with van der Waals surface area (Å²) < 4.78 is 5.79. The van der Waals surface area contributed by atoms with Crippen molar-refractivity contribution < 1.29 is 9.53 Å². The lowest BCUT2D eigenvalue weighted by Gasteiger charge is -2.20. The van der Waals surface area contributed by atoms with E-state index in [4.69, 9.17) is 10.1 Å². The number of hydrogen-bond donors (Lipinski definition) is 2. The number of carbonyl (C=O) groups is 1. The molecule has 0 aliphatic heterocycles. The highest BCUT2D eigenvalue weighted by Gasteiger charge is 2.18. The maximum Gasteiger partial charge on any atom is 0.217 e. The van der Waals surface area contributed by atoms with Gasteiger partial charge in [-0.2, -0.15) is 0 Å². The van der Waals surface area contributed by atoms with Gasteiger partial charge in [0.15, 0.2) is 0 Å². The monoisotopic (exact) mass is 310 g/mol. The van der Waals surface area contributed by atoms with Gasteiger partial charge in [-0.05, 0) is 36.6 Å². The second kappa shape index (κ2) is 7.58. The fraction of sp³-hybridized carbons (Fsp3) is 0.263. The predicted molar refractivity (Wildman–Crippen MR) is 92.1 cm³/mol. The summed E-state index contributed by atoms with van der Waals surface area (Å²) in [6.07, 6.45) is 0. The topological polar surface area (TPSA) is 62.2 Å². The average molecular weight is 310 g/mol. The molecule has 120 valence electrons. The van der Waals surface area contributed by atoms with Crippen LogP contribution in [-0.4, -0.2) is 18.2 Å². The third kappa shape index (κ3) is 4.68. The van der Waals surface area contributed by atoms with Gasteiger partial charge in [0.05, 0.1) is 11.8 Å². The minimum Gasteiger partial charge on any atom is -0.487 e. The highest BCUT2D eigenvalue weighted by Crippen LogP contribution is 2.20. The predicted octanol–water partition coefficient (Wildman–Crippen LogP) is 3.58. The largest absolute Gasteiger partial charge is 0.487 e. The molecule has 0 spiro atoms. The standard InChI is InChI=1S/C19H22N2O2/c1-13-9-10-14(2)18(11-13)23-12-17(20)19(21-15(3)22)16-7-5-4-6-8-16/h4-11,19-20H,12H2,1-3H3,(H,21,22). The van der Waals surface area contributed by atoms with Gasteiger partial charge in [-0.15, -0.1) is 0 Å². The summed E-state index contributed by atoms with van der Waals surface area (Å²) in [5.41, 5.74) is 3.32. The molecule has 2 aromatic carbocycles. The van der Waals surface area contributed by atoms with E-state index in [0.717, 1.165) is 22.4 Å². The molecule has 0 aromatic heterocycles. The van der Waals surface area contributed by atoms with Crippen LogP contribution in [0.15, 0.2) is 48.5 Å². The number of aryl methyl sites for hydroxylation is 2. The lowest BCUT2D eigenvalue weighted by atomic mass is 10.0. The second-order valence-electron chi connectivity index (χ2n) is 5.63. The number of nitrogens with one attached hydrogen (secondary N) is 2. The van der Waals surface area contributed by atoms with Crippen LogP contribution in [0, 0.1) is 19.3 Å². The first-order chi connectivity index (χ1) is 11.0. The summed E-state index contributed by atoms with van der Waals surface area (Å²) in [6, 6.07) is 15.0. The Morgan fingerprint density at radius 2 is 1.87 bits per heavy atom. The summed E-state index contributed by atoms with van der Waals surface area (Å²) in [5, 5.41) is 11.1. The first-order valence-corrected chi connectivity index (χ1v) is 7.57. The molecule has 0 radical (unpaired) electrons. The van der Waals surface area contributed by atoms with E-state index < -0.39 is 6.04 Å². The Balaban J connectivity index is 2.12. The molecule has 0 aliphatic rings. The molecule has 2 aromatic rings. The quantitative estimate of drug-likeness (QED) is 0.801. The fourth-order valence-corrected chi connectivity index (χ4v) is 2.32. The third-order valence-electron chi connectivity index (χ3n) is 3.56. The average Bonchev–Trinajstić information content (AvgIpc) is 2.54. The molecule has 4 nitrogen and oxygen atoms in total. The minimum atomic E-state index is -0.473. The zero-order valence-corrected chi connectivity index (χ0v) is 13.7. The molecule has 0 fully saturated rings. The van der Waals surface area contributed by atoms with Gasteiger partial charge in [0, 0.05) is 6.92 Å². The lowest BCUT2D eigenvalue weighted by molar-refractivity contribution is -0.119. The molecule has 0 heterocycles. The fourth-order valence-electron chi connectivity index (χ4n) is 2.32. The van der Waals surface area contributed by atoms with Crippen molar-refractivity contribution in [2.45, 2.75) is 26.8 Å². The SMILES string of the molecule is CC(=O)NC(C(=N)COc1cc(C)ccc1C)c1ccccc1. The molecule has 0 bridgehead atoms. The first kappa shape index (κ1) is 16.7. The summed E-state index contributed by atoms with van der Waals surface area (Å²) in [7, 11) is 0. The zero-order valence-electron chi connectivity index (χ0n) is 13.7. The molecule has 1 atom stereocenters. The summed E-state index contributed by atoms with van der Waals surface area (Å²) >= 11 is 0. The molecular weight excluding hydrogens is 288 g/mol. The van der Waals surface area contributed by atoms with Gasteiger partial charge in [0.1, 0.15) is 12.4 Å². The van der Waals surface area contributed by atoms with Crippen LogP contribution in [0.5, 0.6) is 5.75 Å². The van der Waals surface area contributed by atoms with E-state index in [0.29, 0.717) is 5.71 Å². The molecule has 2 rings (SSSR count). The van der Waals surface area contributed by atoms with Crippen LogP contribution < -0.4 is 10.1 Å². The number of benzene rings is 2. The van der Waals surface area contributed by atoms with Crippen molar-refractivity contribution in [3.05, 3.63) is 65.2 Å². The number of ether oxygens (including phenoxy) is 1. The van der Waals surface area contributed by atoms with Gasteiger partial charge >= 0.3 is 0 Å². The van der Waals surface area contributed by atoms with Crippen molar-refractivity contribution in [3.63, 3.8) is 0 Å². The highest BCUT2D eigenvalue weighted by atomic mass is 16.5. The minimum absolute atomic E-state index is 0.129. The van der Waals surface area contributed by atoms with Crippen molar-refractivity contribution in [1.29, 1.82) is 5.41 Å². The molecule has 1 amide bonds. The van der Waals surface area contributed by atoms with Crippen LogP contribution in [0.4, 0.5) is 0 Å². The Hall–Kier alpha value is -2.62. The Morgan fingerprint density at radius 3 is 2.52 bits per heavy atom. The van der Waals surface area contributed by atoms with E-state index in [2.05, 4.69) is 5.32 Å². The van der Waals surface area contributed by atoms with E-state index >= 15 is 0 Å². The lowest BCUT2D eigenvalue weighted by Crippen LogP contribution is -2.34. The van der Waals surface area contributed by atoms with Crippen LogP contribution in [0.3, 0.4) is 0 Å². The molecule has 0 saturated heterocycles. The van der Waals surface area contributed by atoms with Gasteiger partial charge in [0.2, 0.25) is 5.91 Å². The number of hydrogen-bond acceptors (Lipinski definition) is 3. The van der Waals surface area contributed by atoms with Crippen molar-refractivity contribution in [2.75, 3.05) is 6.61 Å². The highest BCUT2D eigenvalue weighted by molar-refractivity contribution is 5.92. The summed E-state index contributed by atoms with van der Waals surface area (Å²) in [6.45, 7) is 5.56. The van der Waals surface area contributed by atoms with E-state index in [-0.39, 0.29) is 12.5 Å². The maximum atomic E-state index is 11.5. The Labute approximate surface area is 137 Å². The van der Waals surface area contributed by atoms with E-state index in [1.54, 1.807) is 0 Å². The zero-order chi connectivity index (χ0) is 16.8. The van der Waals surface area contributed by atoms with Crippen molar-refractivity contribution in [1.82, 2.24) is 5.32 Å². The van der Waals surface area contributed by atoms with Crippen molar-refractivity contribution in [3.8, 4) is 5.75 Å². The summed E-state index contributed by atoms with van der Waals surface area (Å²) in [5.74, 6) is 0.597. The van der Waals surface area contributed by atoms with Crippen LogP contribution in [0.25, 0.3) is 0 Å². The van der Waals surface area contributed by atoms with Gasteiger partial charge in [-0.25, -0.2) is 0 Å². The van der Waals surface area contributed by atoms with Gasteiger partial charge in [-0.3, -0.25) is 4.79 Å². The molecule has 2 N–H and O–H groups in total. The van der Waals surface area contributed by atoms with Crippen LogP contribution in [-0.2, 0) is 4.79 Å². The van der Waals surface area contributed by atoms with Crippen LogP contribution >= 0.6 is 0 Å². The van der Waals surface area contributed by atoms with Gasteiger partial charge < -0.3 is 15.5 Å². The Morgan fingerprint density at radius 1 is 1.17 bits per heavy atom. The van der Waals surface area contributed by atoms with Gasteiger partial charge in [-0.1, -0.05) is 42.5 Å².